The van der Waals surface area contributed by atoms with E-state index in [0.717, 1.165) is 0 Å². The molecule has 0 atom stereocenters. The van der Waals surface area contributed by atoms with Gasteiger partial charge >= 0.3 is 0 Å². The molecule has 2 aromatic rings. The van der Waals surface area contributed by atoms with Gasteiger partial charge in [-0.1, -0.05) is 11.8 Å². The molecule has 0 saturated carbocycles. The molecule has 1 N–H and O–H groups in total. The van der Waals surface area contributed by atoms with Crippen molar-refractivity contribution in [3.05, 3.63) is 28.7 Å². The molecule has 0 aromatic carbocycles. The van der Waals surface area contributed by atoms with Crippen molar-refractivity contribution in [2.75, 3.05) is 12.0 Å². The Balaban J connectivity index is 2.39. The predicted octanol–water partition coefficient (Wildman–Crippen LogP) is 0.791. The lowest BCUT2D eigenvalue weighted by atomic mass is 10.3. The van der Waals surface area contributed by atoms with Crippen molar-refractivity contribution in [3.63, 3.8) is 0 Å². The Morgan fingerprint density at radius 2 is 2.15 bits per heavy atom. The third-order valence-electron chi connectivity index (χ3n) is 2.67. The van der Waals surface area contributed by atoms with E-state index < -0.39 is 15.9 Å². The number of hydrogen-bond acceptors (Lipinski definition) is 6. The average Bonchev–Trinajstić information content (AvgIpc) is 2.39. The van der Waals surface area contributed by atoms with E-state index >= 15 is 0 Å². The highest BCUT2D eigenvalue weighted by molar-refractivity contribution is 7.98. The Kier molecular flexibility index (Phi) is 4.41. The summed E-state index contributed by atoms with van der Waals surface area (Å²) in [6.45, 7) is 0.167. The Bertz CT molecular complexity index is 786. The molecule has 20 heavy (non-hydrogen) atoms. The number of fused-ring (bicyclic) bond motifs is 1. The minimum absolute atomic E-state index is 0.135. The molecule has 0 saturated heterocycles. The third kappa shape index (κ3) is 3.56. The first-order valence-electron chi connectivity index (χ1n) is 5.76. The minimum Gasteiger partial charge on any atom is -0.293 e. The summed E-state index contributed by atoms with van der Waals surface area (Å²) in [4.78, 5) is 20.3. The molecule has 0 bridgehead atoms. The number of pyridine rings is 1. The summed E-state index contributed by atoms with van der Waals surface area (Å²) in [5, 5.41) is 1.24. The number of aromatic nitrogens is 3. The maximum atomic E-state index is 11.9. The van der Waals surface area contributed by atoms with Crippen LogP contribution in [0, 0.1) is 0 Å². The summed E-state index contributed by atoms with van der Waals surface area (Å²) in [7, 11) is -4.03. The van der Waals surface area contributed by atoms with Gasteiger partial charge in [0.05, 0.1) is 5.75 Å². The molecule has 0 fully saturated rings. The van der Waals surface area contributed by atoms with Crippen LogP contribution in [0.2, 0.25) is 0 Å². The summed E-state index contributed by atoms with van der Waals surface area (Å²) < 4.78 is 31.5. The fourth-order valence-corrected chi connectivity index (χ4v) is 2.60. The zero-order valence-electron chi connectivity index (χ0n) is 10.7. The average molecular weight is 315 g/mol. The molecule has 2 aromatic heterocycles. The van der Waals surface area contributed by atoms with Gasteiger partial charge in [-0.3, -0.25) is 13.9 Å². The number of hydrogen-bond donors (Lipinski definition) is 1. The normalized spacial score (nSPS) is 11.9. The van der Waals surface area contributed by atoms with Gasteiger partial charge in [-0.05, 0) is 18.7 Å². The van der Waals surface area contributed by atoms with Gasteiger partial charge in [0.25, 0.3) is 15.7 Å². The van der Waals surface area contributed by atoms with Crippen LogP contribution in [0.1, 0.15) is 6.42 Å². The Hall–Kier alpha value is -1.45. The van der Waals surface area contributed by atoms with Crippen LogP contribution < -0.4 is 5.56 Å². The van der Waals surface area contributed by atoms with Gasteiger partial charge in [0.1, 0.15) is 5.65 Å². The van der Waals surface area contributed by atoms with Gasteiger partial charge in [-0.2, -0.15) is 8.42 Å². The summed E-state index contributed by atoms with van der Waals surface area (Å²) >= 11 is 1.35. The quantitative estimate of drug-likeness (QED) is 0.494. The van der Waals surface area contributed by atoms with E-state index in [1.54, 1.807) is 12.3 Å². The number of aryl methyl sites for hydroxylation is 1. The molecule has 0 aliphatic carbocycles. The smallest absolute Gasteiger partial charge is 0.264 e. The first kappa shape index (κ1) is 14.9. The number of thioether (sulfide) groups is 1. The van der Waals surface area contributed by atoms with E-state index in [9.17, 15) is 13.2 Å². The maximum absolute atomic E-state index is 11.9. The van der Waals surface area contributed by atoms with Crippen LogP contribution in [0.3, 0.4) is 0 Å². The minimum atomic E-state index is -4.03. The third-order valence-corrected chi connectivity index (χ3v) is 4.03. The van der Waals surface area contributed by atoms with Gasteiger partial charge in [0, 0.05) is 24.2 Å². The van der Waals surface area contributed by atoms with Crippen molar-refractivity contribution in [2.24, 2.45) is 0 Å². The van der Waals surface area contributed by atoms with E-state index in [4.69, 9.17) is 4.55 Å². The first-order chi connectivity index (χ1) is 9.40. The van der Waals surface area contributed by atoms with E-state index in [0.29, 0.717) is 16.2 Å². The fraction of sp³-hybridized carbons (Fsp3) is 0.364. The fourth-order valence-electron chi connectivity index (χ4n) is 1.78. The highest BCUT2D eigenvalue weighted by atomic mass is 32.2. The number of nitrogens with zero attached hydrogens (tertiary/aromatic N) is 3. The molecule has 9 heteroatoms. The van der Waals surface area contributed by atoms with Crippen molar-refractivity contribution < 1.29 is 13.0 Å². The highest BCUT2D eigenvalue weighted by Gasteiger charge is 2.09. The van der Waals surface area contributed by atoms with Crippen molar-refractivity contribution in [1.29, 1.82) is 0 Å². The molecule has 2 rings (SSSR count). The summed E-state index contributed by atoms with van der Waals surface area (Å²) in [5.74, 6) is -0.393. The summed E-state index contributed by atoms with van der Waals surface area (Å²) in [6.07, 6.45) is 3.58. The van der Waals surface area contributed by atoms with Crippen LogP contribution in [0.5, 0.6) is 0 Å². The van der Waals surface area contributed by atoms with Crippen LogP contribution in [0.4, 0.5) is 0 Å². The lowest BCUT2D eigenvalue weighted by Crippen LogP contribution is -2.21. The standard InChI is InChI=1S/C11H13N3O4S2/c1-19-11-12-7-8-3-4-9(15)14(10(8)13-11)5-2-6-20(16,17)18/h3-4,7H,2,5-6H2,1H3,(H,16,17,18). The van der Waals surface area contributed by atoms with Gasteiger partial charge in [-0.25, -0.2) is 9.97 Å². The number of rotatable bonds is 5. The SMILES string of the molecule is CSc1ncc2ccc(=O)n(CCCS(=O)(=O)O)c2n1. The topological polar surface area (TPSA) is 102 Å². The van der Waals surface area contributed by atoms with Crippen LogP contribution in [0.25, 0.3) is 11.0 Å². The zero-order valence-corrected chi connectivity index (χ0v) is 12.3. The Morgan fingerprint density at radius 1 is 1.40 bits per heavy atom. The van der Waals surface area contributed by atoms with E-state index in [-0.39, 0.29) is 18.5 Å². The van der Waals surface area contributed by atoms with Crippen molar-refractivity contribution in [1.82, 2.24) is 14.5 Å². The largest absolute Gasteiger partial charge is 0.293 e. The maximum Gasteiger partial charge on any atom is 0.264 e. The lowest BCUT2D eigenvalue weighted by molar-refractivity contribution is 0.478. The second-order valence-corrected chi connectivity index (χ2v) is 6.44. The van der Waals surface area contributed by atoms with Gasteiger partial charge in [0.2, 0.25) is 0 Å². The Labute approximate surface area is 119 Å². The molecule has 0 aliphatic rings. The molecule has 7 nitrogen and oxygen atoms in total. The highest BCUT2D eigenvalue weighted by Crippen LogP contribution is 2.14. The van der Waals surface area contributed by atoms with E-state index in [2.05, 4.69) is 9.97 Å². The molecular weight excluding hydrogens is 302 g/mol. The van der Waals surface area contributed by atoms with Gasteiger partial charge in [-0.15, -0.1) is 0 Å². The molecule has 0 unspecified atom stereocenters. The van der Waals surface area contributed by atoms with Crippen LogP contribution in [-0.4, -0.2) is 39.5 Å². The zero-order chi connectivity index (χ0) is 14.8. The van der Waals surface area contributed by atoms with Gasteiger partial charge in [0.15, 0.2) is 5.16 Å². The van der Waals surface area contributed by atoms with Gasteiger partial charge < -0.3 is 0 Å². The second kappa shape index (κ2) is 5.90. The van der Waals surface area contributed by atoms with E-state index in [1.807, 2.05) is 6.26 Å². The van der Waals surface area contributed by atoms with E-state index in [1.165, 1.54) is 22.4 Å². The molecule has 0 spiro atoms. The Morgan fingerprint density at radius 3 is 2.80 bits per heavy atom. The summed E-state index contributed by atoms with van der Waals surface area (Å²) in [6, 6.07) is 3.01. The second-order valence-electron chi connectivity index (χ2n) is 4.10. The predicted molar refractivity (Wildman–Crippen MR) is 76.6 cm³/mol. The first-order valence-corrected chi connectivity index (χ1v) is 8.60. The monoisotopic (exact) mass is 315 g/mol. The molecule has 108 valence electrons. The van der Waals surface area contributed by atoms with Crippen molar-refractivity contribution in [3.8, 4) is 0 Å². The lowest BCUT2D eigenvalue weighted by Gasteiger charge is -2.09. The van der Waals surface area contributed by atoms with Crippen molar-refractivity contribution >= 4 is 32.9 Å². The molecule has 0 radical (unpaired) electrons. The van der Waals surface area contributed by atoms with Crippen molar-refractivity contribution in [2.45, 2.75) is 18.1 Å². The van der Waals surface area contributed by atoms with Crippen LogP contribution >= 0.6 is 11.8 Å². The van der Waals surface area contributed by atoms with Crippen LogP contribution in [0.15, 0.2) is 28.3 Å². The molecular formula is C11H13N3O4S2. The summed E-state index contributed by atoms with van der Waals surface area (Å²) in [5.41, 5.74) is 0.200. The molecule has 0 amide bonds. The molecule has 2 heterocycles. The van der Waals surface area contributed by atoms with Crippen LogP contribution in [-0.2, 0) is 16.7 Å². The molecule has 0 aliphatic heterocycles.